The average molecular weight is 501 g/mol. The first-order valence-electron chi connectivity index (χ1n) is 11.5. The highest BCUT2D eigenvalue weighted by atomic mass is 16.6. The summed E-state index contributed by atoms with van der Waals surface area (Å²) in [6.07, 6.45) is 1.51. The Morgan fingerprint density at radius 3 is 2.54 bits per heavy atom. The zero-order chi connectivity index (χ0) is 26.6. The average Bonchev–Trinajstić information content (AvgIpc) is 2.91. The molecule has 37 heavy (non-hydrogen) atoms. The Morgan fingerprint density at radius 1 is 1.08 bits per heavy atom. The first-order valence-corrected chi connectivity index (χ1v) is 11.5. The van der Waals surface area contributed by atoms with Crippen LogP contribution in [0.15, 0.2) is 84.9 Å². The molecule has 0 aliphatic carbocycles. The molecule has 0 unspecified atom stereocenters. The van der Waals surface area contributed by atoms with E-state index >= 15 is 0 Å². The van der Waals surface area contributed by atoms with Gasteiger partial charge in [-0.3, -0.25) is 10.1 Å². The van der Waals surface area contributed by atoms with E-state index < -0.39 is 18.1 Å². The number of nitrogens with one attached hydrogen (secondary N) is 2. The number of anilines is 3. The molecular formula is C28H28N4O5. The predicted octanol–water partition coefficient (Wildman–Crippen LogP) is 4.63. The second-order valence-corrected chi connectivity index (χ2v) is 8.08. The van der Waals surface area contributed by atoms with Gasteiger partial charge in [-0.25, -0.2) is 4.79 Å². The molecule has 190 valence electrons. The van der Waals surface area contributed by atoms with Crippen molar-refractivity contribution in [2.75, 3.05) is 29.6 Å². The largest absolute Gasteiger partial charge is 0.491 e. The van der Waals surface area contributed by atoms with Crippen molar-refractivity contribution in [2.24, 2.45) is 5.92 Å². The van der Waals surface area contributed by atoms with Gasteiger partial charge in [0.2, 0.25) is 5.91 Å². The van der Waals surface area contributed by atoms with E-state index in [1.54, 1.807) is 78.9 Å². The number of aliphatic hydroxyl groups excluding tert-OH is 1. The van der Waals surface area contributed by atoms with Gasteiger partial charge in [-0.15, -0.1) is 0 Å². The molecule has 3 aromatic carbocycles. The molecule has 0 fully saturated rings. The normalized spacial score (nSPS) is 12.2. The van der Waals surface area contributed by atoms with Crippen LogP contribution < -0.4 is 21.1 Å². The number of aliphatic hydroxyl groups is 1. The van der Waals surface area contributed by atoms with Gasteiger partial charge < -0.3 is 25.6 Å². The number of amides is 2. The van der Waals surface area contributed by atoms with Crippen molar-refractivity contribution in [1.29, 1.82) is 5.26 Å². The Morgan fingerprint density at radius 2 is 1.84 bits per heavy atom. The van der Waals surface area contributed by atoms with Gasteiger partial charge >= 0.3 is 6.09 Å². The zero-order valence-electron chi connectivity index (χ0n) is 20.3. The SMILES string of the molecule is C[C@H](/C=C/C(=O)Nc1ccccc1N)[C@H](OC(=O)Nc1ccc(C#N)cc1)c1cccc(OCCO)c1. The summed E-state index contributed by atoms with van der Waals surface area (Å²) in [5, 5.41) is 23.4. The van der Waals surface area contributed by atoms with Crippen molar-refractivity contribution in [3.63, 3.8) is 0 Å². The van der Waals surface area contributed by atoms with Crippen LogP contribution in [0.4, 0.5) is 21.9 Å². The van der Waals surface area contributed by atoms with E-state index in [4.69, 9.17) is 25.6 Å². The second kappa shape index (κ2) is 13.3. The maximum absolute atomic E-state index is 12.7. The first kappa shape index (κ1) is 26.8. The fourth-order valence-corrected chi connectivity index (χ4v) is 3.44. The lowest BCUT2D eigenvalue weighted by atomic mass is 9.96. The van der Waals surface area contributed by atoms with Gasteiger partial charge in [0, 0.05) is 11.6 Å². The van der Waals surface area contributed by atoms with Crippen LogP contribution in [0.5, 0.6) is 5.75 Å². The Balaban J connectivity index is 1.77. The summed E-state index contributed by atoms with van der Waals surface area (Å²) in [5.41, 5.74) is 8.38. The molecule has 9 nitrogen and oxygen atoms in total. The minimum Gasteiger partial charge on any atom is -0.491 e. The molecule has 0 aliphatic rings. The number of ether oxygens (including phenoxy) is 2. The van der Waals surface area contributed by atoms with Crippen molar-refractivity contribution in [3.8, 4) is 11.8 Å². The number of carbonyl (C=O) groups excluding carboxylic acids is 2. The monoisotopic (exact) mass is 500 g/mol. The third-order valence-electron chi connectivity index (χ3n) is 5.29. The molecule has 9 heteroatoms. The van der Waals surface area contributed by atoms with Crippen LogP contribution >= 0.6 is 0 Å². The summed E-state index contributed by atoms with van der Waals surface area (Å²) >= 11 is 0. The van der Waals surface area contributed by atoms with E-state index in [1.807, 2.05) is 13.0 Å². The Hall–Kier alpha value is -4.81. The van der Waals surface area contributed by atoms with Crippen LogP contribution in [0, 0.1) is 17.2 Å². The molecule has 0 bridgehead atoms. The topological polar surface area (TPSA) is 147 Å². The smallest absolute Gasteiger partial charge is 0.412 e. The summed E-state index contributed by atoms with van der Waals surface area (Å²) in [5.74, 6) is -0.301. The molecule has 0 saturated heterocycles. The number of hydrogen-bond acceptors (Lipinski definition) is 7. The van der Waals surface area contributed by atoms with Crippen LogP contribution in [0.2, 0.25) is 0 Å². The number of benzene rings is 3. The van der Waals surface area contributed by atoms with Gasteiger partial charge in [-0.05, 0) is 60.2 Å². The van der Waals surface area contributed by atoms with Crippen molar-refractivity contribution >= 4 is 29.1 Å². The number of nitrogen functional groups attached to an aromatic ring is 1. The lowest BCUT2D eigenvalue weighted by molar-refractivity contribution is -0.111. The molecule has 0 saturated carbocycles. The fourth-order valence-electron chi connectivity index (χ4n) is 3.44. The minimum absolute atomic E-state index is 0.117. The molecule has 2 atom stereocenters. The molecule has 0 aromatic heterocycles. The third-order valence-corrected chi connectivity index (χ3v) is 5.29. The highest BCUT2D eigenvalue weighted by Gasteiger charge is 2.23. The molecule has 5 N–H and O–H groups in total. The van der Waals surface area contributed by atoms with Gasteiger partial charge in [0.1, 0.15) is 18.5 Å². The van der Waals surface area contributed by atoms with Crippen LogP contribution in [0.3, 0.4) is 0 Å². The molecule has 3 rings (SSSR count). The number of nitrogens with two attached hydrogens (primary N) is 1. The Labute approximate surface area is 215 Å². The highest BCUT2D eigenvalue weighted by Crippen LogP contribution is 2.30. The van der Waals surface area contributed by atoms with E-state index in [0.29, 0.717) is 33.9 Å². The molecule has 0 aliphatic heterocycles. The number of para-hydroxylation sites is 2. The summed E-state index contributed by atoms with van der Waals surface area (Å²) in [7, 11) is 0. The number of hydrogen-bond donors (Lipinski definition) is 4. The Bertz CT molecular complexity index is 1280. The van der Waals surface area contributed by atoms with Crippen molar-refractivity contribution in [2.45, 2.75) is 13.0 Å². The summed E-state index contributed by atoms with van der Waals surface area (Å²) < 4.78 is 11.3. The van der Waals surface area contributed by atoms with E-state index in [-0.39, 0.29) is 19.1 Å². The molecule has 3 aromatic rings. The van der Waals surface area contributed by atoms with E-state index in [2.05, 4.69) is 10.6 Å². The highest BCUT2D eigenvalue weighted by molar-refractivity contribution is 6.01. The van der Waals surface area contributed by atoms with Crippen LogP contribution in [0.1, 0.15) is 24.2 Å². The van der Waals surface area contributed by atoms with Gasteiger partial charge in [0.05, 0.1) is 29.6 Å². The lowest BCUT2D eigenvalue weighted by Gasteiger charge is -2.23. The van der Waals surface area contributed by atoms with Crippen LogP contribution in [0.25, 0.3) is 0 Å². The predicted molar refractivity (Wildman–Crippen MR) is 141 cm³/mol. The Kier molecular flexibility index (Phi) is 9.65. The quantitative estimate of drug-likeness (QED) is 0.234. The van der Waals surface area contributed by atoms with Crippen molar-refractivity contribution < 1.29 is 24.2 Å². The number of nitriles is 1. The molecule has 0 heterocycles. The van der Waals surface area contributed by atoms with Crippen molar-refractivity contribution in [3.05, 3.63) is 96.1 Å². The molecule has 2 amide bonds. The van der Waals surface area contributed by atoms with E-state index in [1.165, 1.54) is 6.08 Å². The van der Waals surface area contributed by atoms with E-state index in [0.717, 1.165) is 0 Å². The molecule has 0 radical (unpaired) electrons. The van der Waals surface area contributed by atoms with Gasteiger partial charge in [-0.2, -0.15) is 5.26 Å². The molecular weight excluding hydrogens is 472 g/mol. The summed E-state index contributed by atoms with van der Waals surface area (Å²) in [6, 6.07) is 22.3. The van der Waals surface area contributed by atoms with Crippen molar-refractivity contribution in [1.82, 2.24) is 0 Å². The second-order valence-electron chi connectivity index (χ2n) is 8.08. The first-order chi connectivity index (χ1) is 17.9. The fraction of sp³-hybridized carbons (Fsp3) is 0.179. The zero-order valence-corrected chi connectivity index (χ0v) is 20.3. The number of rotatable bonds is 10. The third kappa shape index (κ3) is 8.13. The lowest BCUT2D eigenvalue weighted by Crippen LogP contribution is -2.21. The minimum atomic E-state index is -0.776. The van der Waals surface area contributed by atoms with Gasteiger partial charge in [-0.1, -0.05) is 37.3 Å². The summed E-state index contributed by atoms with van der Waals surface area (Å²) in [6.45, 7) is 1.78. The summed E-state index contributed by atoms with van der Waals surface area (Å²) in [4.78, 5) is 25.2. The van der Waals surface area contributed by atoms with E-state index in [9.17, 15) is 9.59 Å². The molecule has 0 spiro atoms. The van der Waals surface area contributed by atoms with Crippen LogP contribution in [-0.4, -0.2) is 30.3 Å². The van der Waals surface area contributed by atoms with Crippen LogP contribution in [-0.2, 0) is 9.53 Å². The maximum atomic E-state index is 12.7. The standard InChI is InChI=1S/C28H28N4O5/c1-19(9-14-26(34)32-25-8-3-2-7-24(25)30)27(21-5-4-6-23(17-21)36-16-15-33)37-28(35)31-22-12-10-20(18-29)11-13-22/h2-14,17,19,27,33H,15-16,30H2,1H3,(H,31,35)(H,32,34)/b14-9+/t19-,27+/m1/s1. The number of nitrogens with zero attached hydrogens (tertiary/aromatic N) is 1. The van der Waals surface area contributed by atoms with Gasteiger partial charge in [0.25, 0.3) is 0 Å². The maximum Gasteiger partial charge on any atom is 0.412 e. The number of carbonyl (C=O) groups is 2. The van der Waals surface area contributed by atoms with Gasteiger partial charge in [0.15, 0.2) is 0 Å².